The van der Waals surface area contributed by atoms with Crippen LogP contribution in [0.3, 0.4) is 0 Å². The second-order valence-electron chi connectivity index (χ2n) is 7.18. The Morgan fingerprint density at radius 1 is 1.00 bits per heavy atom. The number of carbonyl (C=O) groups excluding carboxylic acids is 1. The molecule has 1 amide bonds. The van der Waals surface area contributed by atoms with Crippen LogP contribution >= 0.6 is 15.9 Å². The number of hydrogen-bond acceptors (Lipinski definition) is 3. The molecule has 162 valence electrons. The number of nitrogens with one attached hydrogen (secondary N) is 1. The SMILES string of the molecule is Cc1cc(Br)cc(C)c1NC(=O)CN(Cc1ccccc1)S(=O)(=O)c1ccc(F)cc1. The first-order chi connectivity index (χ1) is 14.7. The molecule has 5 nitrogen and oxygen atoms in total. The van der Waals surface area contributed by atoms with Gasteiger partial charge in [-0.2, -0.15) is 4.31 Å². The summed E-state index contributed by atoms with van der Waals surface area (Å²) in [6.45, 7) is 3.35. The Balaban J connectivity index is 1.89. The standard InChI is InChI=1S/C23H22BrFN2O3S/c1-16-12-19(24)13-17(2)23(16)26-22(28)15-27(14-18-6-4-3-5-7-18)31(29,30)21-10-8-20(25)9-11-21/h3-13H,14-15H2,1-2H3,(H,26,28). The number of amides is 1. The summed E-state index contributed by atoms with van der Waals surface area (Å²) in [5.74, 6) is -0.998. The van der Waals surface area contributed by atoms with Crippen molar-refractivity contribution in [3.8, 4) is 0 Å². The molecule has 31 heavy (non-hydrogen) atoms. The van der Waals surface area contributed by atoms with E-state index in [9.17, 15) is 17.6 Å². The van der Waals surface area contributed by atoms with Crippen molar-refractivity contribution >= 4 is 37.5 Å². The number of hydrogen-bond donors (Lipinski definition) is 1. The van der Waals surface area contributed by atoms with Crippen molar-refractivity contribution in [1.82, 2.24) is 4.31 Å². The molecule has 0 saturated heterocycles. The minimum Gasteiger partial charge on any atom is -0.324 e. The number of aryl methyl sites for hydroxylation is 2. The van der Waals surface area contributed by atoms with Crippen molar-refractivity contribution in [3.05, 3.63) is 93.7 Å². The molecule has 0 aromatic heterocycles. The summed E-state index contributed by atoms with van der Waals surface area (Å²) in [6.07, 6.45) is 0. The summed E-state index contributed by atoms with van der Waals surface area (Å²) in [4.78, 5) is 12.8. The molecular formula is C23H22BrFN2O3S. The van der Waals surface area contributed by atoms with Crippen LogP contribution in [0.5, 0.6) is 0 Å². The first-order valence-electron chi connectivity index (χ1n) is 9.53. The smallest absolute Gasteiger partial charge is 0.243 e. The molecule has 3 rings (SSSR count). The molecule has 3 aromatic carbocycles. The number of benzene rings is 3. The Hall–Kier alpha value is -2.55. The Morgan fingerprint density at radius 2 is 1.58 bits per heavy atom. The van der Waals surface area contributed by atoms with Crippen LogP contribution in [-0.2, 0) is 21.4 Å². The second kappa shape index (κ2) is 9.72. The molecule has 3 aromatic rings. The van der Waals surface area contributed by atoms with Gasteiger partial charge in [-0.3, -0.25) is 4.79 Å². The van der Waals surface area contributed by atoms with Gasteiger partial charge in [-0.15, -0.1) is 0 Å². The number of nitrogens with zero attached hydrogens (tertiary/aromatic N) is 1. The first-order valence-corrected chi connectivity index (χ1v) is 11.8. The van der Waals surface area contributed by atoms with Crippen LogP contribution in [0.1, 0.15) is 16.7 Å². The van der Waals surface area contributed by atoms with E-state index < -0.39 is 21.7 Å². The summed E-state index contributed by atoms with van der Waals surface area (Å²) >= 11 is 3.42. The molecule has 0 radical (unpaired) electrons. The predicted molar refractivity (Wildman–Crippen MR) is 123 cm³/mol. The molecule has 0 aliphatic carbocycles. The summed E-state index contributed by atoms with van der Waals surface area (Å²) in [7, 11) is -4.03. The molecule has 8 heteroatoms. The maximum atomic E-state index is 13.3. The number of sulfonamides is 1. The highest BCUT2D eigenvalue weighted by Crippen LogP contribution is 2.25. The van der Waals surface area contributed by atoms with Crippen LogP contribution in [0.2, 0.25) is 0 Å². The van der Waals surface area contributed by atoms with Crippen molar-refractivity contribution in [2.24, 2.45) is 0 Å². The lowest BCUT2D eigenvalue weighted by Crippen LogP contribution is -2.37. The predicted octanol–water partition coefficient (Wildman–Crippen LogP) is 5.03. The van der Waals surface area contributed by atoms with Crippen LogP contribution in [0.25, 0.3) is 0 Å². The summed E-state index contributed by atoms with van der Waals surface area (Å²) < 4.78 is 41.8. The van der Waals surface area contributed by atoms with Gasteiger partial charge in [-0.25, -0.2) is 12.8 Å². The second-order valence-corrected chi connectivity index (χ2v) is 10.0. The fourth-order valence-corrected chi connectivity index (χ4v) is 5.29. The van der Waals surface area contributed by atoms with E-state index in [0.29, 0.717) is 5.69 Å². The van der Waals surface area contributed by atoms with Crippen LogP contribution < -0.4 is 5.32 Å². The monoisotopic (exact) mass is 504 g/mol. The molecule has 0 saturated carbocycles. The van der Waals surface area contributed by atoms with Crippen LogP contribution in [0, 0.1) is 19.7 Å². The third-order valence-corrected chi connectivity index (χ3v) is 7.00. The summed E-state index contributed by atoms with van der Waals surface area (Å²) in [5, 5.41) is 2.83. The van der Waals surface area contributed by atoms with Gasteiger partial charge < -0.3 is 5.32 Å². The molecule has 0 atom stereocenters. The number of rotatable bonds is 7. The molecule has 0 aliphatic heterocycles. The minimum atomic E-state index is -4.03. The maximum absolute atomic E-state index is 13.3. The van der Waals surface area contributed by atoms with Crippen molar-refractivity contribution in [1.29, 1.82) is 0 Å². The van der Waals surface area contributed by atoms with Gasteiger partial charge in [0.05, 0.1) is 11.4 Å². The average Bonchev–Trinajstić information content (AvgIpc) is 2.71. The van der Waals surface area contributed by atoms with E-state index in [-0.39, 0.29) is 18.0 Å². The van der Waals surface area contributed by atoms with Crippen molar-refractivity contribution < 1.29 is 17.6 Å². The van der Waals surface area contributed by atoms with Gasteiger partial charge >= 0.3 is 0 Å². The lowest BCUT2D eigenvalue weighted by atomic mass is 10.1. The van der Waals surface area contributed by atoms with Crippen molar-refractivity contribution in [3.63, 3.8) is 0 Å². The summed E-state index contributed by atoms with van der Waals surface area (Å²) in [5.41, 5.74) is 3.09. The van der Waals surface area contributed by atoms with E-state index in [0.717, 1.165) is 37.6 Å². The zero-order valence-electron chi connectivity index (χ0n) is 17.1. The number of anilines is 1. The van der Waals surface area contributed by atoms with Crippen LogP contribution in [0.4, 0.5) is 10.1 Å². The molecular weight excluding hydrogens is 483 g/mol. The lowest BCUT2D eigenvalue weighted by Gasteiger charge is -2.22. The van der Waals surface area contributed by atoms with E-state index in [1.807, 2.05) is 32.0 Å². The number of carbonyl (C=O) groups is 1. The van der Waals surface area contributed by atoms with Gasteiger partial charge in [0.15, 0.2) is 0 Å². The largest absolute Gasteiger partial charge is 0.324 e. The van der Waals surface area contributed by atoms with E-state index in [4.69, 9.17) is 0 Å². The third-order valence-electron chi connectivity index (χ3n) is 4.74. The highest BCUT2D eigenvalue weighted by Gasteiger charge is 2.27. The lowest BCUT2D eigenvalue weighted by molar-refractivity contribution is -0.116. The Morgan fingerprint density at radius 3 is 2.16 bits per heavy atom. The number of halogens is 2. The Kier molecular flexibility index (Phi) is 7.25. The highest BCUT2D eigenvalue weighted by molar-refractivity contribution is 9.10. The zero-order valence-corrected chi connectivity index (χ0v) is 19.5. The summed E-state index contributed by atoms with van der Waals surface area (Å²) in [6, 6.07) is 17.3. The van der Waals surface area contributed by atoms with Crippen LogP contribution in [-0.4, -0.2) is 25.2 Å². The normalized spacial score (nSPS) is 11.5. The molecule has 0 bridgehead atoms. The third kappa shape index (κ3) is 5.78. The van der Waals surface area contributed by atoms with Gasteiger partial charge in [0.25, 0.3) is 0 Å². The molecule has 0 spiro atoms. The molecule has 0 unspecified atom stereocenters. The van der Waals surface area contributed by atoms with E-state index >= 15 is 0 Å². The van der Waals surface area contributed by atoms with E-state index in [2.05, 4.69) is 21.2 Å². The van der Waals surface area contributed by atoms with E-state index in [1.165, 1.54) is 12.1 Å². The molecule has 0 fully saturated rings. The first kappa shape index (κ1) is 23.1. The fraction of sp³-hybridized carbons (Fsp3) is 0.174. The quantitative estimate of drug-likeness (QED) is 0.490. The van der Waals surface area contributed by atoms with Gasteiger partial charge in [-0.1, -0.05) is 46.3 Å². The van der Waals surface area contributed by atoms with Crippen molar-refractivity contribution in [2.75, 3.05) is 11.9 Å². The van der Waals surface area contributed by atoms with Gasteiger partial charge in [0.2, 0.25) is 15.9 Å². The van der Waals surface area contributed by atoms with Crippen molar-refractivity contribution in [2.45, 2.75) is 25.3 Å². The molecule has 0 heterocycles. The molecule has 0 aliphatic rings. The Bertz CT molecular complexity index is 1160. The van der Waals surface area contributed by atoms with Gasteiger partial charge in [0.1, 0.15) is 5.82 Å². The highest BCUT2D eigenvalue weighted by atomic mass is 79.9. The average molecular weight is 505 g/mol. The molecule has 1 N–H and O–H groups in total. The zero-order chi connectivity index (χ0) is 22.6. The fourth-order valence-electron chi connectivity index (χ4n) is 3.22. The van der Waals surface area contributed by atoms with E-state index in [1.54, 1.807) is 24.3 Å². The Labute approximate surface area is 190 Å². The van der Waals surface area contributed by atoms with Gasteiger partial charge in [0, 0.05) is 16.7 Å². The van der Waals surface area contributed by atoms with Crippen LogP contribution in [0.15, 0.2) is 76.1 Å². The topological polar surface area (TPSA) is 66.5 Å². The van der Waals surface area contributed by atoms with Gasteiger partial charge in [-0.05, 0) is 66.9 Å². The minimum absolute atomic E-state index is 0.00622. The maximum Gasteiger partial charge on any atom is 0.243 e.